The first-order valence-electron chi connectivity index (χ1n) is 7.15. The molecule has 0 bridgehead atoms. The zero-order chi connectivity index (χ0) is 14.5. The standard InChI is InChI=1S/C16H23NO3/c1-11-7-5-4-6-8-14(11)15(19-3)12(2)20-16(18)17-13-9-10-13/h5-8,12-13,15H,4,9-10H2,1-3H3,(H,17,18). The summed E-state index contributed by atoms with van der Waals surface area (Å²) in [5.74, 6) is 0. The Kier molecular flexibility index (Phi) is 5.01. The molecule has 0 aromatic heterocycles. The lowest BCUT2D eigenvalue weighted by Gasteiger charge is -2.25. The van der Waals surface area contributed by atoms with E-state index < -0.39 is 0 Å². The summed E-state index contributed by atoms with van der Waals surface area (Å²) in [7, 11) is 1.64. The Labute approximate surface area is 120 Å². The fourth-order valence-corrected chi connectivity index (χ4v) is 2.30. The van der Waals surface area contributed by atoms with E-state index in [0.717, 1.165) is 30.4 Å². The van der Waals surface area contributed by atoms with E-state index in [1.807, 2.05) is 13.8 Å². The summed E-state index contributed by atoms with van der Waals surface area (Å²) < 4.78 is 11.0. The molecule has 1 saturated carbocycles. The molecule has 2 atom stereocenters. The van der Waals surface area contributed by atoms with Crippen LogP contribution in [-0.4, -0.2) is 31.5 Å². The molecule has 2 unspecified atom stereocenters. The molecule has 0 saturated heterocycles. The second kappa shape index (κ2) is 6.75. The molecule has 20 heavy (non-hydrogen) atoms. The molecule has 1 amide bonds. The Morgan fingerprint density at radius 1 is 1.35 bits per heavy atom. The molecule has 0 aromatic rings. The number of allylic oxidation sites excluding steroid dienone is 4. The van der Waals surface area contributed by atoms with E-state index in [9.17, 15) is 4.79 Å². The summed E-state index contributed by atoms with van der Waals surface area (Å²) >= 11 is 0. The maximum atomic E-state index is 11.7. The number of alkyl carbamates (subject to hydrolysis) is 1. The van der Waals surface area contributed by atoms with Crippen molar-refractivity contribution >= 4 is 6.09 Å². The lowest BCUT2D eigenvalue weighted by molar-refractivity contribution is 0.00700. The van der Waals surface area contributed by atoms with Crippen molar-refractivity contribution in [2.75, 3.05) is 7.11 Å². The fourth-order valence-electron chi connectivity index (χ4n) is 2.30. The summed E-state index contributed by atoms with van der Waals surface area (Å²) in [4.78, 5) is 11.7. The van der Waals surface area contributed by atoms with Crippen molar-refractivity contribution in [3.8, 4) is 0 Å². The lowest BCUT2D eigenvalue weighted by atomic mass is 10.00. The Morgan fingerprint density at radius 2 is 2.05 bits per heavy atom. The van der Waals surface area contributed by atoms with Crippen LogP contribution < -0.4 is 5.32 Å². The zero-order valence-electron chi connectivity index (χ0n) is 12.4. The van der Waals surface area contributed by atoms with Crippen molar-refractivity contribution in [3.63, 3.8) is 0 Å². The average Bonchev–Trinajstić information content (AvgIpc) is 3.20. The SMILES string of the molecule is COC(C1=C(C)C=CCC=C1)C(C)OC(=O)NC1CC1. The van der Waals surface area contributed by atoms with Gasteiger partial charge >= 0.3 is 6.09 Å². The Morgan fingerprint density at radius 3 is 2.70 bits per heavy atom. The predicted molar refractivity (Wildman–Crippen MR) is 78.5 cm³/mol. The first-order valence-corrected chi connectivity index (χ1v) is 7.15. The highest BCUT2D eigenvalue weighted by Gasteiger charge is 2.28. The van der Waals surface area contributed by atoms with Crippen LogP contribution >= 0.6 is 0 Å². The van der Waals surface area contributed by atoms with Gasteiger partial charge in [0, 0.05) is 13.2 Å². The summed E-state index contributed by atoms with van der Waals surface area (Å²) in [6.45, 7) is 3.91. The van der Waals surface area contributed by atoms with Crippen molar-refractivity contribution < 1.29 is 14.3 Å². The second-order valence-corrected chi connectivity index (χ2v) is 5.36. The van der Waals surface area contributed by atoms with Crippen LogP contribution in [-0.2, 0) is 9.47 Å². The lowest BCUT2D eigenvalue weighted by Crippen LogP contribution is -2.36. The normalized spacial score (nSPS) is 21.4. The highest BCUT2D eigenvalue weighted by molar-refractivity contribution is 5.68. The van der Waals surface area contributed by atoms with Gasteiger partial charge in [-0.15, -0.1) is 0 Å². The van der Waals surface area contributed by atoms with Gasteiger partial charge in [0.2, 0.25) is 0 Å². The van der Waals surface area contributed by atoms with E-state index in [4.69, 9.17) is 9.47 Å². The van der Waals surface area contributed by atoms with Gasteiger partial charge in [0.1, 0.15) is 12.2 Å². The van der Waals surface area contributed by atoms with Crippen molar-refractivity contribution in [3.05, 3.63) is 35.5 Å². The van der Waals surface area contributed by atoms with Crippen molar-refractivity contribution in [2.24, 2.45) is 0 Å². The largest absolute Gasteiger partial charge is 0.443 e. The van der Waals surface area contributed by atoms with Crippen LogP contribution in [0.15, 0.2) is 35.5 Å². The number of carbonyl (C=O) groups excluding carboxylic acids is 1. The Hall–Kier alpha value is -1.55. The van der Waals surface area contributed by atoms with Crippen LogP contribution in [0, 0.1) is 0 Å². The summed E-state index contributed by atoms with van der Waals surface area (Å²) in [6, 6.07) is 0.303. The molecule has 2 rings (SSSR count). The van der Waals surface area contributed by atoms with Gasteiger partial charge in [0.25, 0.3) is 0 Å². The van der Waals surface area contributed by atoms with Crippen LogP contribution in [0.4, 0.5) is 4.79 Å². The third-order valence-corrected chi connectivity index (χ3v) is 3.57. The van der Waals surface area contributed by atoms with E-state index in [1.165, 1.54) is 0 Å². The molecule has 0 aliphatic heterocycles. The third kappa shape index (κ3) is 3.97. The number of hydrogen-bond acceptors (Lipinski definition) is 3. The molecule has 4 nitrogen and oxygen atoms in total. The Bertz CT molecular complexity index is 447. The number of hydrogen-bond donors (Lipinski definition) is 1. The quantitative estimate of drug-likeness (QED) is 0.840. The van der Waals surface area contributed by atoms with Gasteiger partial charge in [-0.25, -0.2) is 4.79 Å². The zero-order valence-corrected chi connectivity index (χ0v) is 12.4. The maximum Gasteiger partial charge on any atom is 0.407 e. The maximum absolute atomic E-state index is 11.7. The van der Waals surface area contributed by atoms with Crippen LogP contribution in [0.5, 0.6) is 0 Å². The highest BCUT2D eigenvalue weighted by Crippen LogP contribution is 2.23. The van der Waals surface area contributed by atoms with Crippen LogP contribution in [0.3, 0.4) is 0 Å². The van der Waals surface area contributed by atoms with Gasteiger partial charge in [-0.3, -0.25) is 0 Å². The molecule has 0 heterocycles. The van der Waals surface area contributed by atoms with Gasteiger partial charge in [-0.1, -0.05) is 24.3 Å². The minimum atomic E-state index is -0.353. The number of ether oxygens (including phenoxy) is 2. The molecule has 4 heteroatoms. The van der Waals surface area contributed by atoms with E-state index in [-0.39, 0.29) is 18.3 Å². The molecule has 0 radical (unpaired) electrons. The van der Waals surface area contributed by atoms with Gasteiger partial charge in [0.05, 0.1) is 0 Å². The molecule has 1 N–H and O–H groups in total. The molecule has 0 spiro atoms. The summed E-state index contributed by atoms with van der Waals surface area (Å²) in [5.41, 5.74) is 2.21. The molecule has 0 aromatic carbocycles. The fraction of sp³-hybridized carbons (Fsp3) is 0.562. The Balaban J connectivity index is 2.02. The topological polar surface area (TPSA) is 47.6 Å². The minimum Gasteiger partial charge on any atom is -0.443 e. The van der Waals surface area contributed by atoms with E-state index in [1.54, 1.807) is 7.11 Å². The van der Waals surface area contributed by atoms with E-state index in [2.05, 4.69) is 29.6 Å². The minimum absolute atomic E-state index is 0.251. The van der Waals surface area contributed by atoms with E-state index >= 15 is 0 Å². The number of rotatable bonds is 5. The molecule has 2 aliphatic carbocycles. The van der Waals surface area contributed by atoms with Gasteiger partial charge < -0.3 is 14.8 Å². The van der Waals surface area contributed by atoms with Gasteiger partial charge in [-0.05, 0) is 44.3 Å². The first kappa shape index (κ1) is 14.9. The van der Waals surface area contributed by atoms with Crippen LogP contribution in [0.2, 0.25) is 0 Å². The summed E-state index contributed by atoms with van der Waals surface area (Å²) in [5, 5.41) is 2.83. The van der Waals surface area contributed by atoms with Crippen molar-refractivity contribution in [1.29, 1.82) is 0 Å². The van der Waals surface area contributed by atoms with E-state index in [0.29, 0.717) is 6.04 Å². The molecule has 1 fully saturated rings. The molecular weight excluding hydrogens is 254 g/mol. The molecular formula is C16H23NO3. The van der Waals surface area contributed by atoms with Crippen LogP contribution in [0.1, 0.15) is 33.1 Å². The molecule has 110 valence electrons. The first-order chi connectivity index (χ1) is 9.61. The number of carbonyl (C=O) groups is 1. The van der Waals surface area contributed by atoms with Crippen molar-refractivity contribution in [1.82, 2.24) is 5.32 Å². The molecule has 2 aliphatic rings. The number of nitrogens with one attached hydrogen (secondary N) is 1. The van der Waals surface area contributed by atoms with Gasteiger partial charge in [0.15, 0.2) is 0 Å². The monoisotopic (exact) mass is 277 g/mol. The second-order valence-electron chi connectivity index (χ2n) is 5.36. The average molecular weight is 277 g/mol. The van der Waals surface area contributed by atoms with Crippen molar-refractivity contribution in [2.45, 2.75) is 51.4 Å². The predicted octanol–water partition coefficient (Wildman–Crippen LogP) is 3.11. The third-order valence-electron chi connectivity index (χ3n) is 3.57. The number of methoxy groups -OCH3 is 1. The highest BCUT2D eigenvalue weighted by atomic mass is 16.6. The van der Waals surface area contributed by atoms with Gasteiger partial charge in [-0.2, -0.15) is 0 Å². The number of amides is 1. The summed E-state index contributed by atoms with van der Waals surface area (Å²) in [6.07, 6.45) is 10.4. The van der Waals surface area contributed by atoms with Crippen LogP contribution in [0.25, 0.3) is 0 Å². The smallest absolute Gasteiger partial charge is 0.407 e.